The molecule has 0 spiro atoms. The first-order valence-corrected chi connectivity index (χ1v) is 7.26. The van der Waals surface area contributed by atoms with E-state index in [4.69, 9.17) is 9.47 Å². The lowest BCUT2D eigenvalue weighted by atomic mass is 10.2. The number of ether oxygens (including phenoxy) is 2. The highest BCUT2D eigenvalue weighted by Crippen LogP contribution is 2.30. The van der Waals surface area contributed by atoms with E-state index in [1.807, 2.05) is 0 Å². The van der Waals surface area contributed by atoms with Gasteiger partial charge in [-0.25, -0.2) is 0 Å². The summed E-state index contributed by atoms with van der Waals surface area (Å²) in [4.78, 5) is 23.8. The van der Waals surface area contributed by atoms with Gasteiger partial charge in [0.25, 0.3) is 0 Å². The second-order valence-electron chi connectivity index (χ2n) is 5.05. The van der Waals surface area contributed by atoms with Crippen molar-refractivity contribution >= 4 is 23.2 Å². The van der Waals surface area contributed by atoms with E-state index in [1.54, 1.807) is 6.07 Å². The average molecular weight is 368 g/mol. The Labute approximate surface area is 146 Å². The van der Waals surface area contributed by atoms with Gasteiger partial charge in [0.15, 0.2) is 11.5 Å². The van der Waals surface area contributed by atoms with Crippen molar-refractivity contribution in [3.8, 4) is 11.5 Å². The first-order chi connectivity index (χ1) is 12.2. The van der Waals surface area contributed by atoms with E-state index in [0.29, 0.717) is 11.5 Å². The number of benzene rings is 2. The van der Waals surface area contributed by atoms with Crippen molar-refractivity contribution in [2.45, 2.75) is 6.18 Å². The van der Waals surface area contributed by atoms with Crippen LogP contribution in [0.25, 0.3) is 0 Å². The first-order valence-electron chi connectivity index (χ1n) is 7.26. The van der Waals surface area contributed by atoms with Crippen LogP contribution in [0.3, 0.4) is 0 Å². The molecule has 138 valence electrons. The summed E-state index contributed by atoms with van der Waals surface area (Å²) in [5, 5.41) is 4.57. The monoisotopic (exact) mass is 368 g/mol. The predicted molar refractivity (Wildman–Crippen MR) is 88.2 cm³/mol. The highest BCUT2D eigenvalue weighted by molar-refractivity contribution is 6.43. The number of carbonyl (C=O) groups is 2. The summed E-state index contributed by atoms with van der Waals surface area (Å²) in [7, 11) is 2.87. The lowest BCUT2D eigenvalue weighted by Gasteiger charge is -2.11. The molecule has 0 aliphatic heterocycles. The molecule has 0 heterocycles. The average Bonchev–Trinajstić information content (AvgIpc) is 2.61. The van der Waals surface area contributed by atoms with Gasteiger partial charge >= 0.3 is 18.0 Å². The van der Waals surface area contributed by atoms with Gasteiger partial charge in [-0.1, -0.05) is 0 Å². The van der Waals surface area contributed by atoms with Crippen molar-refractivity contribution < 1.29 is 32.2 Å². The van der Waals surface area contributed by atoms with Crippen LogP contribution in [-0.4, -0.2) is 26.0 Å². The van der Waals surface area contributed by atoms with Crippen molar-refractivity contribution in [2.24, 2.45) is 0 Å². The third-order valence-corrected chi connectivity index (χ3v) is 3.32. The summed E-state index contributed by atoms with van der Waals surface area (Å²) in [6.07, 6.45) is -4.48. The summed E-state index contributed by atoms with van der Waals surface area (Å²) in [5.74, 6) is -1.22. The molecule has 0 fully saturated rings. The highest BCUT2D eigenvalue weighted by Gasteiger charge is 2.30. The van der Waals surface area contributed by atoms with E-state index >= 15 is 0 Å². The third-order valence-electron chi connectivity index (χ3n) is 3.32. The Bertz CT molecular complexity index is 805. The zero-order valence-electron chi connectivity index (χ0n) is 13.8. The fourth-order valence-corrected chi connectivity index (χ4v) is 2.03. The Hall–Kier alpha value is -3.23. The molecule has 2 rings (SSSR count). The number of carbonyl (C=O) groups excluding carboxylic acids is 2. The maximum absolute atomic E-state index is 12.5. The summed E-state index contributed by atoms with van der Waals surface area (Å²) in [6, 6.07) is 8.24. The van der Waals surface area contributed by atoms with Crippen molar-refractivity contribution in [3.63, 3.8) is 0 Å². The molecule has 6 nitrogen and oxygen atoms in total. The lowest BCUT2D eigenvalue weighted by molar-refractivity contribution is -0.137. The van der Waals surface area contributed by atoms with Gasteiger partial charge in [-0.3, -0.25) is 9.59 Å². The number of amides is 2. The molecule has 26 heavy (non-hydrogen) atoms. The van der Waals surface area contributed by atoms with Crippen LogP contribution >= 0.6 is 0 Å². The minimum absolute atomic E-state index is 0.0606. The maximum atomic E-state index is 12.5. The zero-order valence-corrected chi connectivity index (χ0v) is 13.8. The van der Waals surface area contributed by atoms with Crippen LogP contribution in [-0.2, 0) is 15.8 Å². The molecule has 2 aromatic rings. The number of hydrogen-bond donors (Lipinski definition) is 2. The molecule has 2 amide bonds. The highest BCUT2D eigenvalue weighted by atomic mass is 19.4. The van der Waals surface area contributed by atoms with Crippen molar-refractivity contribution in [2.75, 3.05) is 24.9 Å². The molecule has 0 unspecified atom stereocenters. The third kappa shape index (κ3) is 4.65. The van der Waals surface area contributed by atoms with Crippen LogP contribution in [0.1, 0.15) is 5.56 Å². The smallest absolute Gasteiger partial charge is 0.416 e. The van der Waals surface area contributed by atoms with Crippen LogP contribution in [0, 0.1) is 0 Å². The van der Waals surface area contributed by atoms with Crippen LogP contribution in [0.15, 0.2) is 42.5 Å². The Morgan fingerprint density at radius 1 is 0.808 bits per heavy atom. The molecule has 2 N–H and O–H groups in total. The molecule has 0 aliphatic carbocycles. The Kier molecular flexibility index (Phi) is 5.71. The molecule has 9 heteroatoms. The molecular weight excluding hydrogens is 353 g/mol. The molecule has 0 radical (unpaired) electrons. The van der Waals surface area contributed by atoms with Crippen molar-refractivity contribution in [1.29, 1.82) is 0 Å². The van der Waals surface area contributed by atoms with Crippen LogP contribution < -0.4 is 20.1 Å². The number of alkyl halides is 3. The number of nitrogens with one attached hydrogen (secondary N) is 2. The zero-order chi connectivity index (χ0) is 19.3. The van der Waals surface area contributed by atoms with Crippen molar-refractivity contribution in [3.05, 3.63) is 48.0 Å². The summed E-state index contributed by atoms with van der Waals surface area (Å²) >= 11 is 0. The Balaban J connectivity index is 2.03. The fourth-order valence-electron chi connectivity index (χ4n) is 2.03. The van der Waals surface area contributed by atoms with E-state index in [9.17, 15) is 22.8 Å². The molecule has 0 bridgehead atoms. The second-order valence-corrected chi connectivity index (χ2v) is 5.05. The summed E-state index contributed by atoms with van der Waals surface area (Å²) < 4.78 is 47.6. The molecular formula is C17H15F3N2O4. The number of halogens is 3. The van der Waals surface area contributed by atoms with E-state index in [1.165, 1.54) is 26.4 Å². The first kappa shape index (κ1) is 19.1. The van der Waals surface area contributed by atoms with E-state index in [2.05, 4.69) is 10.6 Å². The Morgan fingerprint density at radius 3 is 1.81 bits per heavy atom. The topological polar surface area (TPSA) is 76.7 Å². The number of methoxy groups -OCH3 is 2. The minimum atomic E-state index is -4.48. The Morgan fingerprint density at radius 2 is 1.31 bits per heavy atom. The van der Waals surface area contributed by atoms with Crippen LogP contribution in [0.5, 0.6) is 11.5 Å². The fraction of sp³-hybridized carbons (Fsp3) is 0.176. The molecule has 0 aliphatic rings. The number of anilines is 2. The summed E-state index contributed by atoms with van der Waals surface area (Å²) in [5.41, 5.74) is -0.508. The molecule has 2 aromatic carbocycles. The maximum Gasteiger partial charge on any atom is 0.416 e. The molecule has 0 saturated carbocycles. The molecule has 0 saturated heterocycles. The number of hydrogen-bond acceptors (Lipinski definition) is 4. The van der Waals surface area contributed by atoms with Gasteiger partial charge in [-0.15, -0.1) is 0 Å². The van der Waals surface area contributed by atoms with Crippen molar-refractivity contribution in [1.82, 2.24) is 0 Å². The van der Waals surface area contributed by atoms with Gasteiger partial charge in [0.2, 0.25) is 0 Å². The normalized spacial score (nSPS) is 10.8. The second kappa shape index (κ2) is 7.77. The van der Waals surface area contributed by atoms with Gasteiger partial charge < -0.3 is 20.1 Å². The summed E-state index contributed by atoms with van der Waals surface area (Å²) in [6.45, 7) is 0. The van der Waals surface area contributed by atoms with Gasteiger partial charge in [-0.2, -0.15) is 13.2 Å². The van der Waals surface area contributed by atoms with Crippen LogP contribution in [0.4, 0.5) is 24.5 Å². The van der Waals surface area contributed by atoms with E-state index in [0.717, 1.165) is 24.3 Å². The van der Waals surface area contributed by atoms with Crippen LogP contribution in [0.2, 0.25) is 0 Å². The predicted octanol–water partition coefficient (Wildman–Crippen LogP) is 3.30. The van der Waals surface area contributed by atoms with Gasteiger partial charge in [-0.05, 0) is 36.4 Å². The molecule has 0 aromatic heterocycles. The SMILES string of the molecule is COc1ccc(NC(=O)C(=O)Nc2ccc(C(F)(F)F)cc2)cc1OC. The largest absolute Gasteiger partial charge is 0.493 e. The quantitative estimate of drug-likeness (QED) is 0.812. The van der Waals surface area contributed by atoms with Gasteiger partial charge in [0.05, 0.1) is 19.8 Å². The number of rotatable bonds is 4. The van der Waals surface area contributed by atoms with Gasteiger partial charge in [0.1, 0.15) is 0 Å². The lowest BCUT2D eigenvalue weighted by Crippen LogP contribution is -2.29. The molecule has 0 atom stereocenters. The standard InChI is InChI=1S/C17H15F3N2O4/c1-25-13-8-7-12(9-14(13)26-2)22-16(24)15(23)21-11-5-3-10(4-6-11)17(18,19)20/h3-9H,1-2H3,(H,21,23)(H,22,24). The van der Waals surface area contributed by atoms with Gasteiger partial charge in [0, 0.05) is 17.4 Å². The van der Waals surface area contributed by atoms with E-state index in [-0.39, 0.29) is 11.4 Å². The van der Waals surface area contributed by atoms with E-state index < -0.39 is 23.6 Å². The minimum Gasteiger partial charge on any atom is -0.493 e.